The quantitative estimate of drug-likeness (QED) is 0.637. The van der Waals surface area contributed by atoms with E-state index in [9.17, 15) is 9.59 Å². The number of fused-ring (bicyclic) bond motifs is 1. The van der Waals surface area contributed by atoms with Gasteiger partial charge in [0.25, 0.3) is 11.5 Å². The summed E-state index contributed by atoms with van der Waals surface area (Å²) in [6, 6.07) is 3.44. The van der Waals surface area contributed by atoms with Gasteiger partial charge < -0.3 is 5.32 Å². The van der Waals surface area contributed by atoms with Crippen LogP contribution in [0.5, 0.6) is 0 Å². The number of aromatic nitrogens is 3. The fourth-order valence-electron chi connectivity index (χ4n) is 3.30. The molecule has 2 aromatic heterocycles. The third-order valence-corrected chi connectivity index (χ3v) is 5.54. The maximum absolute atomic E-state index is 13.2. The first kappa shape index (κ1) is 17.9. The Hall–Kier alpha value is -1.86. The third-order valence-electron chi connectivity index (χ3n) is 4.41. The second-order valence-electron chi connectivity index (χ2n) is 6.04. The number of hydrogen-bond acceptors (Lipinski definition) is 5. The standard InChI is InChI=1S/C17H19ClN4O2S/c1-4-7-17(5-2)21-14(23)13-10(3)9-11(15(24)22(13)17)25-12-6-8-19-16(18)20-12/h6,8-9H,4-5,7H2,1-3H3,(H,21,23). The van der Waals surface area contributed by atoms with Crippen LogP contribution < -0.4 is 10.9 Å². The minimum atomic E-state index is -0.664. The van der Waals surface area contributed by atoms with Gasteiger partial charge in [-0.1, -0.05) is 32.0 Å². The summed E-state index contributed by atoms with van der Waals surface area (Å²) in [6.45, 7) is 5.87. The average molecular weight is 379 g/mol. The maximum atomic E-state index is 13.2. The van der Waals surface area contributed by atoms with Crippen molar-refractivity contribution >= 4 is 29.3 Å². The molecule has 8 heteroatoms. The fraction of sp³-hybridized carbons (Fsp3) is 0.412. The molecule has 132 valence electrons. The van der Waals surface area contributed by atoms with E-state index in [-0.39, 0.29) is 16.8 Å². The molecule has 0 aliphatic carbocycles. The fourth-order valence-corrected chi connectivity index (χ4v) is 4.40. The number of nitrogens with zero attached hydrogens (tertiary/aromatic N) is 3. The number of hydrogen-bond donors (Lipinski definition) is 1. The van der Waals surface area contributed by atoms with E-state index < -0.39 is 5.66 Å². The molecule has 1 unspecified atom stereocenters. The summed E-state index contributed by atoms with van der Waals surface area (Å²) in [5.41, 5.74) is 0.369. The predicted octanol–water partition coefficient (Wildman–Crippen LogP) is 3.36. The Morgan fingerprint density at radius 1 is 1.36 bits per heavy atom. The van der Waals surface area contributed by atoms with Gasteiger partial charge in [0.15, 0.2) is 0 Å². The topological polar surface area (TPSA) is 76.9 Å². The molecule has 1 aliphatic rings. The van der Waals surface area contributed by atoms with Gasteiger partial charge >= 0.3 is 0 Å². The van der Waals surface area contributed by atoms with Crippen molar-refractivity contribution in [1.29, 1.82) is 0 Å². The highest BCUT2D eigenvalue weighted by molar-refractivity contribution is 7.99. The second kappa shape index (κ2) is 6.80. The van der Waals surface area contributed by atoms with Crippen LogP contribution in [0.3, 0.4) is 0 Å². The van der Waals surface area contributed by atoms with Gasteiger partial charge in [-0.3, -0.25) is 14.2 Å². The molecule has 3 rings (SSSR count). The van der Waals surface area contributed by atoms with Gasteiger partial charge in [0.1, 0.15) is 16.4 Å². The number of carbonyl (C=O) groups is 1. The van der Waals surface area contributed by atoms with Gasteiger partial charge in [-0.2, -0.15) is 0 Å². The van der Waals surface area contributed by atoms with Gasteiger partial charge in [0.05, 0.1) is 4.90 Å². The Bertz CT molecular complexity index is 899. The minimum absolute atomic E-state index is 0.133. The Morgan fingerprint density at radius 2 is 2.12 bits per heavy atom. The van der Waals surface area contributed by atoms with E-state index in [1.807, 2.05) is 20.8 Å². The molecule has 0 saturated heterocycles. The molecule has 0 spiro atoms. The van der Waals surface area contributed by atoms with Gasteiger partial charge in [-0.15, -0.1) is 0 Å². The van der Waals surface area contributed by atoms with Crippen LogP contribution in [0, 0.1) is 6.92 Å². The van der Waals surface area contributed by atoms with Crippen LogP contribution in [0.1, 0.15) is 49.2 Å². The summed E-state index contributed by atoms with van der Waals surface area (Å²) in [4.78, 5) is 34.2. The van der Waals surface area contributed by atoms with Crippen molar-refractivity contribution in [3.8, 4) is 0 Å². The molecular formula is C17H19ClN4O2S. The summed E-state index contributed by atoms with van der Waals surface area (Å²) in [6.07, 6.45) is 3.76. The summed E-state index contributed by atoms with van der Waals surface area (Å²) in [5, 5.41) is 3.76. The van der Waals surface area contributed by atoms with Crippen molar-refractivity contribution in [1.82, 2.24) is 19.9 Å². The number of rotatable bonds is 5. The Balaban J connectivity index is 2.16. The SMILES string of the molecule is CCCC1(CC)NC(=O)c2c(C)cc(Sc3ccnc(Cl)n3)c(=O)n21. The average Bonchev–Trinajstić information content (AvgIpc) is 2.86. The highest BCUT2D eigenvalue weighted by Crippen LogP contribution is 2.33. The lowest BCUT2D eigenvalue weighted by atomic mass is 10.0. The molecule has 25 heavy (non-hydrogen) atoms. The number of pyridine rings is 1. The molecule has 0 radical (unpaired) electrons. The van der Waals surface area contributed by atoms with E-state index in [0.29, 0.717) is 28.5 Å². The number of carbonyl (C=O) groups excluding carboxylic acids is 1. The monoisotopic (exact) mass is 378 g/mol. The van der Waals surface area contributed by atoms with Crippen LogP contribution in [0.2, 0.25) is 5.28 Å². The first-order chi connectivity index (χ1) is 11.9. The molecule has 1 aliphatic heterocycles. The molecule has 0 saturated carbocycles. The molecule has 0 fully saturated rings. The first-order valence-corrected chi connectivity index (χ1v) is 9.37. The van der Waals surface area contributed by atoms with Crippen molar-refractivity contribution in [3.63, 3.8) is 0 Å². The highest BCUT2D eigenvalue weighted by atomic mass is 35.5. The zero-order valence-corrected chi connectivity index (χ0v) is 15.9. The van der Waals surface area contributed by atoms with Gasteiger partial charge in [0.2, 0.25) is 5.28 Å². The van der Waals surface area contributed by atoms with E-state index in [1.54, 1.807) is 22.9 Å². The highest BCUT2D eigenvalue weighted by Gasteiger charge is 2.42. The Morgan fingerprint density at radius 3 is 2.76 bits per heavy atom. The van der Waals surface area contributed by atoms with Crippen molar-refractivity contribution in [2.24, 2.45) is 0 Å². The van der Waals surface area contributed by atoms with Crippen LogP contribution in [-0.2, 0) is 5.66 Å². The second-order valence-corrected chi connectivity index (χ2v) is 7.44. The largest absolute Gasteiger partial charge is 0.327 e. The number of nitrogens with one attached hydrogen (secondary N) is 1. The van der Waals surface area contributed by atoms with Gasteiger partial charge in [-0.25, -0.2) is 9.97 Å². The van der Waals surface area contributed by atoms with Gasteiger partial charge in [0, 0.05) is 6.20 Å². The van der Waals surface area contributed by atoms with E-state index in [4.69, 9.17) is 11.6 Å². The molecule has 1 atom stereocenters. The van der Waals surface area contributed by atoms with Crippen LogP contribution in [0.15, 0.2) is 33.0 Å². The molecule has 0 bridgehead atoms. The lowest BCUT2D eigenvalue weighted by Crippen LogP contribution is -2.47. The molecule has 0 aromatic carbocycles. The number of aryl methyl sites for hydroxylation is 1. The summed E-state index contributed by atoms with van der Waals surface area (Å²) in [7, 11) is 0. The number of amides is 1. The maximum Gasteiger partial charge on any atom is 0.270 e. The van der Waals surface area contributed by atoms with E-state index in [2.05, 4.69) is 15.3 Å². The zero-order valence-electron chi connectivity index (χ0n) is 14.3. The van der Waals surface area contributed by atoms with E-state index >= 15 is 0 Å². The molecular weight excluding hydrogens is 360 g/mol. The van der Waals surface area contributed by atoms with Crippen molar-refractivity contribution in [2.45, 2.75) is 55.6 Å². The third kappa shape index (κ3) is 3.06. The van der Waals surface area contributed by atoms with Gasteiger partial charge in [-0.05, 0) is 49.1 Å². The van der Waals surface area contributed by atoms with Crippen LogP contribution in [0.25, 0.3) is 0 Å². The summed E-state index contributed by atoms with van der Waals surface area (Å²) >= 11 is 7.06. The first-order valence-electron chi connectivity index (χ1n) is 8.18. The molecule has 2 aromatic rings. The van der Waals surface area contributed by atoms with Crippen molar-refractivity contribution in [2.75, 3.05) is 0 Å². The van der Waals surface area contributed by atoms with Crippen LogP contribution in [0.4, 0.5) is 0 Å². The summed E-state index contributed by atoms with van der Waals surface area (Å²) in [5.74, 6) is -0.188. The number of halogens is 1. The van der Waals surface area contributed by atoms with Crippen molar-refractivity contribution < 1.29 is 4.79 Å². The summed E-state index contributed by atoms with van der Waals surface area (Å²) < 4.78 is 1.64. The normalized spacial score (nSPS) is 19.0. The Kier molecular flexibility index (Phi) is 4.88. The predicted molar refractivity (Wildman–Crippen MR) is 97.2 cm³/mol. The van der Waals surface area contributed by atoms with Crippen LogP contribution >= 0.6 is 23.4 Å². The smallest absolute Gasteiger partial charge is 0.270 e. The molecule has 1 amide bonds. The molecule has 1 N–H and O–H groups in total. The van der Waals surface area contributed by atoms with Crippen molar-refractivity contribution in [3.05, 3.63) is 45.2 Å². The lowest BCUT2D eigenvalue weighted by molar-refractivity contribution is 0.0905. The zero-order chi connectivity index (χ0) is 18.2. The molecule has 3 heterocycles. The minimum Gasteiger partial charge on any atom is -0.327 e. The van der Waals surface area contributed by atoms with E-state index in [1.165, 1.54) is 11.8 Å². The molecule has 6 nitrogen and oxygen atoms in total. The van der Waals surface area contributed by atoms with Crippen LogP contribution in [-0.4, -0.2) is 20.4 Å². The lowest BCUT2D eigenvalue weighted by Gasteiger charge is -2.30. The van der Waals surface area contributed by atoms with E-state index in [0.717, 1.165) is 12.0 Å². The Labute approximate surface area is 155 Å².